The van der Waals surface area contributed by atoms with Gasteiger partial charge in [0.15, 0.2) is 0 Å². The molecule has 2 heterocycles. The van der Waals surface area contributed by atoms with Crippen molar-refractivity contribution in [1.82, 2.24) is 10.2 Å². The van der Waals surface area contributed by atoms with Crippen LogP contribution in [0.2, 0.25) is 0 Å². The number of rotatable bonds is 2. The van der Waals surface area contributed by atoms with Gasteiger partial charge in [0, 0.05) is 0 Å². The van der Waals surface area contributed by atoms with Crippen LogP contribution < -0.4 is 5.32 Å². The van der Waals surface area contributed by atoms with Gasteiger partial charge in [0.1, 0.15) is 0 Å². The molecule has 1 saturated carbocycles. The van der Waals surface area contributed by atoms with E-state index in [-0.39, 0.29) is 29.5 Å². The van der Waals surface area contributed by atoms with Crippen LogP contribution in [0.15, 0.2) is 18.2 Å². The van der Waals surface area contributed by atoms with Gasteiger partial charge in [0.25, 0.3) is 0 Å². The van der Waals surface area contributed by atoms with Crippen molar-refractivity contribution in [1.29, 1.82) is 5.26 Å². The molecule has 1 aromatic rings. The van der Waals surface area contributed by atoms with E-state index in [9.17, 15) is 14.3 Å². The zero-order valence-electron chi connectivity index (χ0n) is 15.1. The Balaban J connectivity index is 0.000000637. The van der Waals surface area contributed by atoms with E-state index in [4.69, 9.17) is 10.00 Å². The number of halogens is 1. The van der Waals surface area contributed by atoms with E-state index in [1.807, 2.05) is 0 Å². The molecule has 7 nitrogen and oxygen atoms in total. The fourth-order valence-electron chi connectivity index (χ4n) is 3.28. The fourth-order valence-corrected chi connectivity index (χ4v) is 3.28. The molecule has 142 valence electrons. The summed E-state index contributed by atoms with van der Waals surface area (Å²) in [5.41, 5.74) is -0.836. The summed E-state index contributed by atoms with van der Waals surface area (Å²) in [6.45, 7) is 0.420. The Morgan fingerprint density at radius 2 is 2.22 bits per heavy atom. The molecular formula is C18H21BFN3O4. The summed E-state index contributed by atoms with van der Waals surface area (Å²) >= 11 is 0. The molecule has 2 saturated heterocycles. The second-order valence-corrected chi connectivity index (χ2v) is 6.82. The van der Waals surface area contributed by atoms with Crippen molar-refractivity contribution in [2.75, 3.05) is 20.3 Å². The monoisotopic (exact) mass is 373 g/mol. The molecular weight excluding hydrogens is 352 g/mol. The van der Waals surface area contributed by atoms with Crippen LogP contribution in [-0.2, 0) is 19.7 Å². The number of benzene rings is 1. The van der Waals surface area contributed by atoms with Crippen LogP contribution in [0, 0.1) is 23.3 Å². The zero-order valence-corrected chi connectivity index (χ0v) is 15.1. The van der Waals surface area contributed by atoms with E-state index < -0.39 is 17.3 Å². The van der Waals surface area contributed by atoms with Gasteiger partial charge in [0.05, 0.1) is 0 Å². The summed E-state index contributed by atoms with van der Waals surface area (Å²) < 4.78 is 24.6. The van der Waals surface area contributed by atoms with Crippen molar-refractivity contribution >= 4 is 18.7 Å². The Morgan fingerprint density at radius 1 is 1.48 bits per heavy atom. The number of ether oxygens (including phenoxy) is 1. The maximum absolute atomic E-state index is 14.5. The average Bonchev–Trinajstić information content (AvgIpc) is 3.55. The number of aromatic hydroxyl groups is 1. The Hall–Kier alpha value is -2.60. The summed E-state index contributed by atoms with van der Waals surface area (Å²) in [4.78, 5) is 14.1. The quantitative estimate of drug-likeness (QED) is 0.598. The molecule has 3 fully saturated rings. The number of carbonyl (C=O) groups is 1. The van der Waals surface area contributed by atoms with Gasteiger partial charge in [-0.2, -0.15) is 0 Å². The van der Waals surface area contributed by atoms with E-state index >= 15 is 0 Å². The first kappa shape index (κ1) is 19.2. The normalized spacial score (nSPS) is 27.3. The van der Waals surface area contributed by atoms with Gasteiger partial charge in [-0.05, 0) is 0 Å². The molecule has 0 aromatic heterocycles. The molecule has 2 N–H and O–H groups in total. The Kier molecular flexibility index (Phi) is 5.66. The first-order chi connectivity index (χ1) is 13.0. The van der Waals surface area contributed by atoms with Crippen molar-refractivity contribution in [2.24, 2.45) is 5.92 Å². The molecule has 2 atom stereocenters. The second-order valence-electron chi connectivity index (χ2n) is 6.82. The number of amides is 1. The van der Waals surface area contributed by atoms with Crippen molar-refractivity contribution in [3.63, 3.8) is 0 Å². The van der Waals surface area contributed by atoms with Crippen molar-refractivity contribution in [2.45, 2.75) is 31.2 Å². The number of hydrogen-bond acceptors (Lipinski definition) is 6. The summed E-state index contributed by atoms with van der Waals surface area (Å²) in [5, 5.41) is 21.4. The minimum atomic E-state index is -1.19. The van der Waals surface area contributed by atoms with E-state index in [2.05, 4.69) is 9.97 Å². The number of nitriles is 1. The topological polar surface area (TPSA) is 94.8 Å². The SMILES string of the molecule is C1CC1.CN1C(=O)C2CCOCC2(c2cc(O)ccc2F)NC1=BOC#N. The molecule has 1 amide bonds. The van der Waals surface area contributed by atoms with Gasteiger partial charge in [-0.15, -0.1) is 0 Å². The molecule has 1 aromatic carbocycles. The molecule has 0 radical (unpaired) electrons. The van der Waals surface area contributed by atoms with E-state index in [0.717, 1.165) is 13.2 Å². The first-order valence-corrected chi connectivity index (χ1v) is 8.87. The van der Waals surface area contributed by atoms with E-state index in [0.29, 0.717) is 13.0 Å². The average molecular weight is 373 g/mol. The Labute approximate surface area is 157 Å². The van der Waals surface area contributed by atoms with Crippen molar-refractivity contribution in [3.8, 4) is 12.0 Å². The summed E-state index contributed by atoms with van der Waals surface area (Å²) in [5.74, 6) is -1.50. The molecule has 1 aliphatic carbocycles. The Bertz CT molecular complexity index is 793. The summed E-state index contributed by atoms with van der Waals surface area (Å²) in [6, 6.07) is 3.66. The maximum atomic E-state index is 14.5. The standard InChI is InChI=1S/C15H15BFN3O4.C3H6/c1-20-13(22)10-4-5-23-7-15(10,19-14(20)16-24-8-18)11-6-9(21)2-3-12(11)17;1-2-3-1/h2-3,6,10,19,21H,4-5,7H2,1H3;1-3H2. The van der Waals surface area contributed by atoms with Crippen LogP contribution in [0.4, 0.5) is 4.39 Å². The van der Waals surface area contributed by atoms with Gasteiger partial charge in [-0.1, -0.05) is 19.3 Å². The molecule has 4 rings (SSSR count). The third-order valence-electron chi connectivity index (χ3n) is 4.82. The van der Waals surface area contributed by atoms with Gasteiger partial charge < -0.3 is 0 Å². The number of phenolic OH excluding ortho intramolecular Hbond substituents is 1. The van der Waals surface area contributed by atoms with Crippen LogP contribution in [-0.4, -0.2) is 49.0 Å². The second kappa shape index (κ2) is 7.97. The van der Waals surface area contributed by atoms with Crippen LogP contribution in [0.1, 0.15) is 31.2 Å². The third-order valence-corrected chi connectivity index (χ3v) is 4.82. The van der Waals surface area contributed by atoms with E-state index in [1.54, 1.807) is 7.05 Å². The number of phenols is 1. The predicted molar refractivity (Wildman–Crippen MR) is 95.9 cm³/mol. The van der Waals surface area contributed by atoms with Crippen LogP contribution in [0.25, 0.3) is 0 Å². The van der Waals surface area contributed by atoms with Gasteiger partial charge in [-0.25, -0.2) is 0 Å². The fraction of sp³-hybridized carbons (Fsp3) is 0.500. The van der Waals surface area contributed by atoms with Crippen LogP contribution >= 0.6 is 0 Å². The van der Waals surface area contributed by atoms with Gasteiger partial charge >= 0.3 is 138 Å². The van der Waals surface area contributed by atoms with Gasteiger partial charge in [-0.3, -0.25) is 0 Å². The molecule has 9 heteroatoms. The minimum absolute atomic E-state index is 0.0432. The first-order valence-electron chi connectivity index (χ1n) is 8.87. The third kappa shape index (κ3) is 3.90. The van der Waals surface area contributed by atoms with Crippen LogP contribution in [0.5, 0.6) is 5.75 Å². The predicted octanol–water partition coefficient (Wildman–Crippen LogP) is 1.20. The van der Waals surface area contributed by atoms with Crippen molar-refractivity contribution in [3.05, 3.63) is 29.6 Å². The number of fused-ring (bicyclic) bond motifs is 1. The van der Waals surface area contributed by atoms with Gasteiger partial charge in [0.2, 0.25) is 0 Å². The molecule has 2 aliphatic heterocycles. The Morgan fingerprint density at radius 3 is 2.89 bits per heavy atom. The molecule has 0 spiro atoms. The molecule has 3 aliphatic rings. The zero-order chi connectivity index (χ0) is 19.4. The number of nitrogens with zero attached hydrogens (tertiary/aromatic N) is 2. The summed E-state index contributed by atoms with van der Waals surface area (Å²) in [6.07, 6.45) is 6.40. The number of hydrogen-bond donors (Lipinski definition) is 2. The number of carbonyl (C=O) groups excluding carboxylic acids is 1. The van der Waals surface area contributed by atoms with Crippen LogP contribution in [0.3, 0.4) is 0 Å². The van der Waals surface area contributed by atoms with E-state index in [1.165, 1.54) is 42.6 Å². The molecule has 2 unspecified atom stereocenters. The molecule has 0 bridgehead atoms. The molecule has 27 heavy (non-hydrogen) atoms. The van der Waals surface area contributed by atoms with Crippen molar-refractivity contribution < 1.29 is 23.7 Å². The number of nitrogens with one attached hydrogen (secondary N) is 1. The summed E-state index contributed by atoms with van der Waals surface area (Å²) in [7, 11) is 2.63.